The highest BCUT2D eigenvalue weighted by Crippen LogP contribution is 2.37. The van der Waals surface area contributed by atoms with Crippen LogP contribution in [0.5, 0.6) is 0 Å². The summed E-state index contributed by atoms with van der Waals surface area (Å²) in [6, 6.07) is 20.8. The standard InChI is InChI=1S/C19H22BrN/c1-15(16-7-3-2-4-8-16)21-14-6-5-9-19(21)17-10-12-18(20)13-11-17/h2-4,7-8,10-13,15,19H,5-6,9,14H2,1H3/t15-,19+/m1/s1. The van der Waals surface area contributed by atoms with Crippen LogP contribution in [-0.2, 0) is 0 Å². The van der Waals surface area contributed by atoms with Gasteiger partial charge in [-0.3, -0.25) is 4.90 Å². The Kier molecular flexibility index (Phi) is 4.77. The number of halogens is 1. The van der Waals surface area contributed by atoms with Gasteiger partial charge in [0.1, 0.15) is 0 Å². The molecule has 0 unspecified atom stereocenters. The van der Waals surface area contributed by atoms with Crippen LogP contribution < -0.4 is 0 Å². The molecular formula is C19H22BrN. The fraction of sp³-hybridized carbons (Fsp3) is 0.368. The van der Waals surface area contributed by atoms with Gasteiger partial charge in [0, 0.05) is 16.6 Å². The highest BCUT2D eigenvalue weighted by atomic mass is 79.9. The fourth-order valence-corrected chi connectivity index (χ4v) is 3.65. The van der Waals surface area contributed by atoms with Crippen LogP contribution >= 0.6 is 15.9 Å². The second-order valence-electron chi connectivity index (χ2n) is 5.89. The molecule has 0 spiro atoms. The summed E-state index contributed by atoms with van der Waals surface area (Å²) >= 11 is 3.54. The molecule has 1 aliphatic rings. The van der Waals surface area contributed by atoms with Gasteiger partial charge in [0.15, 0.2) is 0 Å². The molecule has 2 atom stereocenters. The number of hydrogen-bond donors (Lipinski definition) is 0. The second-order valence-corrected chi connectivity index (χ2v) is 6.80. The Morgan fingerprint density at radius 1 is 1.00 bits per heavy atom. The first-order chi connectivity index (χ1) is 10.3. The van der Waals surface area contributed by atoms with Gasteiger partial charge in [0.25, 0.3) is 0 Å². The lowest BCUT2D eigenvalue weighted by molar-refractivity contribution is 0.103. The van der Waals surface area contributed by atoms with Gasteiger partial charge < -0.3 is 0 Å². The molecule has 1 aliphatic heterocycles. The highest BCUT2D eigenvalue weighted by Gasteiger charge is 2.28. The summed E-state index contributed by atoms with van der Waals surface area (Å²) < 4.78 is 1.16. The third-order valence-electron chi connectivity index (χ3n) is 4.58. The zero-order chi connectivity index (χ0) is 14.7. The van der Waals surface area contributed by atoms with Gasteiger partial charge in [-0.25, -0.2) is 0 Å². The van der Waals surface area contributed by atoms with Gasteiger partial charge in [-0.15, -0.1) is 0 Å². The molecule has 0 aliphatic carbocycles. The largest absolute Gasteiger partial charge is 0.290 e. The van der Waals surface area contributed by atoms with E-state index >= 15 is 0 Å². The van der Waals surface area contributed by atoms with Crippen LogP contribution in [0.3, 0.4) is 0 Å². The summed E-state index contributed by atoms with van der Waals surface area (Å²) in [5.74, 6) is 0. The van der Waals surface area contributed by atoms with Crippen molar-refractivity contribution in [3.63, 3.8) is 0 Å². The third-order valence-corrected chi connectivity index (χ3v) is 5.11. The van der Waals surface area contributed by atoms with Gasteiger partial charge in [-0.2, -0.15) is 0 Å². The molecule has 0 radical (unpaired) electrons. The number of piperidine rings is 1. The average molecular weight is 344 g/mol. The summed E-state index contributed by atoms with van der Waals surface area (Å²) in [4.78, 5) is 2.67. The second kappa shape index (κ2) is 6.76. The zero-order valence-electron chi connectivity index (χ0n) is 12.5. The van der Waals surface area contributed by atoms with Crippen molar-refractivity contribution < 1.29 is 0 Å². The first kappa shape index (κ1) is 14.8. The van der Waals surface area contributed by atoms with Crippen molar-refractivity contribution in [2.75, 3.05) is 6.54 Å². The maximum Gasteiger partial charge on any atom is 0.0354 e. The Balaban J connectivity index is 1.86. The Morgan fingerprint density at radius 2 is 1.71 bits per heavy atom. The Labute approximate surface area is 136 Å². The lowest BCUT2D eigenvalue weighted by Gasteiger charge is -2.40. The Morgan fingerprint density at radius 3 is 2.43 bits per heavy atom. The SMILES string of the molecule is C[C@H](c1ccccc1)N1CCCC[C@H]1c1ccc(Br)cc1. The maximum absolute atomic E-state index is 3.54. The third kappa shape index (κ3) is 3.38. The minimum Gasteiger partial charge on any atom is -0.290 e. The summed E-state index contributed by atoms with van der Waals surface area (Å²) in [5, 5.41) is 0. The van der Waals surface area contributed by atoms with Crippen molar-refractivity contribution >= 4 is 15.9 Å². The van der Waals surface area contributed by atoms with Crippen molar-refractivity contribution in [1.29, 1.82) is 0 Å². The average Bonchev–Trinajstić information content (AvgIpc) is 2.56. The summed E-state index contributed by atoms with van der Waals surface area (Å²) in [5.41, 5.74) is 2.86. The summed E-state index contributed by atoms with van der Waals surface area (Å²) in [7, 11) is 0. The molecule has 0 amide bonds. The van der Waals surface area contributed by atoms with Crippen LogP contribution in [0.1, 0.15) is 49.4 Å². The normalized spacial score (nSPS) is 21.1. The molecule has 2 aromatic carbocycles. The van der Waals surface area contributed by atoms with Crippen molar-refractivity contribution in [1.82, 2.24) is 4.90 Å². The van der Waals surface area contributed by atoms with Crippen molar-refractivity contribution in [3.8, 4) is 0 Å². The summed E-state index contributed by atoms with van der Waals surface area (Å²) in [6.45, 7) is 3.53. The van der Waals surface area contributed by atoms with E-state index in [0.717, 1.165) is 4.47 Å². The minimum atomic E-state index is 0.472. The van der Waals surface area contributed by atoms with Crippen LogP contribution in [0.4, 0.5) is 0 Å². The molecule has 0 saturated carbocycles. The van der Waals surface area contributed by atoms with E-state index in [1.165, 1.54) is 36.9 Å². The molecule has 110 valence electrons. The number of likely N-dealkylation sites (tertiary alicyclic amines) is 1. The van der Waals surface area contributed by atoms with Gasteiger partial charge in [0.05, 0.1) is 0 Å². The van der Waals surface area contributed by atoms with Crippen molar-refractivity contribution in [3.05, 3.63) is 70.2 Å². The van der Waals surface area contributed by atoms with Crippen LogP contribution in [0, 0.1) is 0 Å². The number of rotatable bonds is 3. The van der Waals surface area contributed by atoms with E-state index in [1.54, 1.807) is 0 Å². The fourth-order valence-electron chi connectivity index (χ4n) is 3.38. The van der Waals surface area contributed by atoms with Crippen molar-refractivity contribution in [2.24, 2.45) is 0 Å². The molecule has 0 aromatic heterocycles. The number of nitrogens with zero attached hydrogens (tertiary/aromatic N) is 1. The van der Waals surface area contributed by atoms with Gasteiger partial charge >= 0.3 is 0 Å². The maximum atomic E-state index is 3.54. The van der Waals surface area contributed by atoms with E-state index in [4.69, 9.17) is 0 Å². The van der Waals surface area contributed by atoms with Crippen LogP contribution in [0.25, 0.3) is 0 Å². The summed E-state index contributed by atoms with van der Waals surface area (Å²) in [6.07, 6.45) is 3.90. The Hall–Kier alpha value is -1.12. The van der Waals surface area contributed by atoms with E-state index in [2.05, 4.69) is 82.4 Å². The monoisotopic (exact) mass is 343 g/mol. The van der Waals surface area contributed by atoms with Gasteiger partial charge in [0.2, 0.25) is 0 Å². The zero-order valence-corrected chi connectivity index (χ0v) is 14.1. The molecule has 1 heterocycles. The smallest absolute Gasteiger partial charge is 0.0354 e. The number of hydrogen-bond acceptors (Lipinski definition) is 1. The lowest BCUT2D eigenvalue weighted by atomic mass is 9.92. The van der Waals surface area contributed by atoms with Crippen LogP contribution in [-0.4, -0.2) is 11.4 Å². The van der Waals surface area contributed by atoms with Crippen LogP contribution in [0.15, 0.2) is 59.1 Å². The molecule has 1 fully saturated rings. The van der Waals surface area contributed by atoms with Gasteiger partial charge in [-0.1, -0.05) is 64.8 Å². The predicted octanol–water partition coefficient (Wildman–Crippen LogP) is 5.74. The molecular weight excluding hydrogens is 322 g/mol. The van der Waals surface area contributed by atoms with Crippen LogP contribution in [0.2, 0.25) is 0 Å². The molecule has 21 heavy (non-hydrogen) atoms. The molecule has 2 aromatic rings. The molecule has 1 saturated heterocycles. The van der Waals surface area contributed by atoms with E-state index in [1.807, 2.05) is 0 Å². The van der Waals surface area contributed by atoms with Gasteiger partial charge in [-0.05, 0) is 49.6 Å². The molecule has 2 heteroatoms. The molecule has 0 bridgehead atoms. The van der Waals surface area contributed by atoms with E-state index in [-0.39, 0.29) is 0 Å². The molecule has 3 rings (SSSR count). The lowest BCUT2D eigenvalue weighted by Crippen LogP contribution is -2.35. The highest BCUT2D eigenvalue weighted by molar-refractivity contribution is 9.10. The number of benzene rings is 2. The van der Waals surface area contributed by atoms with E-state index < -0.39 is 0 Å². The first-order valence-corrected chi connectivity index (χ1v) is 8.61. The Bertz CT molecular complexity index is 564. The molecule has 0 N–H and O–H groups in total. The van der Waals surface area contributed by atoms with Crippen molar-refractivity contribution in [2.45, 2.75) is 38.3 Å². The topological polar surface area (TPSA) is 3.24 Å². The molecule has 1 nitrogen and oxygen atoms in total. The van der Waals surface area contributed by atoms with E-state index in [0.29, 0.717) is 12.1 Å². The minimum absolute atomic E-state index is 0.472. The van der Waals surface area contributed by atoms with E-state index in [9.17, 15) is 0 Å². The predicted molar refractivity (Wildman–Crippen MR) is 92.3 cm³/mol. The quantitative estimate of drug-likeness (QED) is 0.686. The first-order valence-electron chi connectivity index (χ1n) is 7.82.